The number of carbonyl (C=O) groups is 1. The van der Waals surface area contributed by atoms with E-state index in [0.29, 0.717) is 5.69 Å². The Labute approximate surface area is 157 Å². The monoisotopic (exact) mass is 369 g/mol. The van der Waals surface area contributed by atoms with E-state index in [-0.39, 0.29) is 17.3 Å². The Balaban J connectivity index is 1.59. The number of carbonyl (C=O) groups excluding carboxylic acids is 1. The predicted molar refractivity (Wildman–Crippen MR) is 103 cm³/mol. The summed E-state index contributed by atoms with van der Waals surface area (Å²) in [5.41, 5.74) is 3.91. The Kier molecular flexibility index (Phi) is 6.00. The molecular weight excluding hydrogens is 346 g/mol. The molecule has 0 aliphatic carbocycles. The SMILES string of the molecule is NNc1ccc([N+](=O)[O-])c(C(=O)NC2CCN(Cc3ccccc3)CC2)c1. The van der Waals surface area contributed by atoms with Crippen LogP contribution in [-0.4, -0.2) is 34.9 Å². The summed E-state index contributed by atoms with van der Waals surface area (Å²) < 4.78 is 0. The van der Waals surface area contributed by atoms with Crippen molar-refractivity contribution in [1.29, 1.82) is 0 Å². The lowest BCUT2D eigenvalue weighted by molar-refractivity contribution is -0.385. The highest BCUT2D eigenvalue weighted by atomic mass is 16.6. The van der Waals surface area contributed by atoms with Gasteiger partial charge in [0.2, 0.25) is 0 Å². The van der Waals surface area contributed by atoms with E-state index in [2.05, 4.69) is 27.8 Å². The fourth-order valence-corrected chi connectivity index (χ4v) is 3.31. The van der Waals surface area contributed by atoms with E-state index < -0.39 is 10.8 Å². The third kappa shape index (κ3) is 4.81. The minimum absolute atomic E-state index is 0.00128. The van der Waals surface area contributed by atoms with Crippen LogP contribution in [0, 0.1) is 10.1 Å². The molecule has 0 unspecified atom stereocenters. The quantitative estimate of drug-likeness (QED) is 0.409. The van der Waals surface area contributed by atoms with Crippen LogP contribution in [0.15, 0.2) is 48.5 Å². The van der Waals surface area contributed by atoms with Gasteiger partial charge in [0.1, 0.15) is 5.56 Å². The summed E-state index contributed by atoms with van der Waals surface area (Å²) in [4.78, 5) is 25.6. The van der Waals surface area contributed by atoms with Crippen LogP contribution in [0.5, 0.6) is 0 Å². The second-order valence-corrected chi connectivity index (χ2v) is 6.64. The number of nitro benzene ring substituents is 1. The smallest absolute Gasteiger partial charge is 0.282 e. The van der Waals surface area contributed by atoms with Crippen molar-refractivity contribution in [3.8, 4) is 0 Å². The predicted octanol–water partition coefficient (Wildman–Crippen LogP) is 2.27. The summed E-state index contributed by atoms with van der Waals surface area (Å²) in [5, 5.41) is 14.1. The molecule has 0 bridgehead atoms. The van der Waals surface area contributed by atoms with Crippen LogP contribution in [0.4, 0.5) is 11.4 Å². The molecule has 1 saturated heterocycles. The maximum atomic E-state index is 12.6. The molecule has 0 spiro atoms. The second-order valence-electron chi connectivity index (χ2n) is 6.64. The highest BCUT2D eigenvalue weighted by molar-refractivity contribution is 5.99. The van der Waals surface area contributed by atoms with Gasteiger partial charge in [0, 0.05) is 37.4 Å². The van der Waals surface area contributed by atoms with Crippen LogP contribution in [0.25, 0.3) is 0 Å². The van der Waals surface area contributed by atoms with Gasteiger partial charge in [-0.05, 0) is 30.5 Å². The maximum Gasteiger partial charge on any atom is 0.282 e. The summed E-state index contributed by atoms with van der Waals surface area (Å²) in [5.74, 6) is 4.91. The highest BCUT2D eigenvalue weighted by Gasteiger charge is 2.25. The lowest BCUT2D eigenvalue weighted by Gasteiger charge is -2.32. The lowest BCUT2D eigenvalue weighted by atomic mass is 10.0. The lowest BCUT2D eigenvalue weighted by Crippen LogP contribution is -2.44. The minimum Gasteiger partial charge on any atom is -0.349 e. The fraction of sp³-hybridized carbons (Fsp3) is 0.316. The Bertz CT molecular complexity index is 804. The van der Waals surface area contributed by atoms with E-state index in [1.54, 1.807) is 0 Å². The fourth-order valence-electron chi connectivity index (χ4n) is 3.31. The summed E-state index contributed by atoms with van der Waals surface area (Å²) >= 11 is 0. The van der Waals surface area contributed by atoms with E-state index in [4.69, 9.17) is 5.84 Å². The van der Waals surface area contributed by atoms with Crippen LogP contribution in [0.2, 0.25) is 0 Å². The van der Waals surface area contributed by atoms with Crippen molar-refractivity contribution < 1.29 is 9.72 Å². The van der Waals surface area contributed by atoms with Gasteiger partial charge in [-0.2, -0.15) is 0 Å². The van der Waals surface area contributed by atoms with Gasteiger partial charge in [-0.25, -0.2) is 0 Å². The topological polar surface area (TPSA) is 114 Å². The number of hydrogen-bond donors (Lipinski definition) is 3. The van der Waals surface area contributed by atoms with Gasteiger partial charge in [0.25, 0.3) is 11.6 Å². The maximum absolute atomic E-state index is 12.6. The Morgan fingerprint density at radius 2 is 1.89 bits per heavy atom. The molecule has 1 heterocycles. The largest absolute Gasteiger partial charge is 0.349 e. The number of piperidine rings is 1. The Hall–Kier alpha value is -2.97. The first kappa shape index (κ1) is 18.8. The standard InChI is InChI=1S/C19H23N5O3/c20-22-16-6-7-18(24(26)27)17(12-16)19(25)21-15-8-10-23(11-9-15)13-14-4-2-1-3-5-14/h1-7,12,15,22H,8-11,13,20H2,(H,21,25). The number of nitro groups is 1. The summed E-state index contributed by atoms with van der Waals surface area (Å²) in [6.45, 7) is 2.62. The van der Waals surface area contributed by atoms with Crippen molar-refractivity contribution in [3.05, 3.63) is 69.8 Å². The average molecular weight is 369 g/mol. The number of hydrazine groups is 1. The van der Waals surface area contributed by atoms with Crippen molar-refractivity contribution in [2.75, 3.05) is 18.5 Å². The third-order valence-corrected chi connectivity index (χ3v) is 4.78. The molecule has 0 aromatic heterocycles. The molecule has 1 aliphatic rings. The van der Waals surface area contributed by atoms with Gasteiger partial charge in [-0.3, -0.25) is 25.7 Å². The number of nitrogens with zero attached hydrogens (tertiary/aromatic N) is 2. The van der Waals surface area contributed by atoms with Gasteiger partial charge in [0.05, 0.1) is 4.92 Å². The van der Waals surface area contributed by atoms with E-state index in [0.717, 1.165) is 32.5 Å². The zero-order valence-corrected chi connectivity index (χ0v) is 14.9. The number of rotatable bonds is 6. The van der Waals surface area contributed by atoms with Crippen molar-refractivity contribution in [2.24, 2.45) is 5.84 Å². The average Bonchev–Trinajstić information content (AvgIpc) is 2.69. The molecule has 2 aromatic carbocycles. The molecule has 0 radical (unpaired) electrons. The van der Waals surface area contributed by atoms with E-state index >= 15 is 0 Å². The normalized spacial score (nSPS) is 15.3. The minimum atomic E-state index is -0.558. The molecule has 0 atom stereocenters. The van der Waals surface area contributed by atoms with Crippen LogP contribution >= 0.6 is 0 Å². The molecular formula is C19H23N5O3. The second kappa shape index (κ2) is 8.61. The van der Waals surface area contributed by atoms with Crippen LogP contribution in [0.1, 0.15) is 28.8 Å². The number of benzene rings is 2. The number of nitrogen functional groups attached to an aromatic ring is 1. The Morgan fingerprint density at radius 1 is 1.19 bits per heavy atom. The molecule has 8 nitrogen and oxygen atoms in total. The molecule has 4 N–H and O–H groups in total. The van der Waals surface area contributed by atoms with Gasteiger partial charge < -0.3 is 10.7 Å². The molecule has 1 fully saturated rings. The third-order valence-electron chi connectivity index (χ3n) is 4.78. The molecule has 1 aliphatic heterocycles. The van der Waals surface area contributed by atoms with E-state index in [1.165, 1.54) is 23.8 Å². The first-order chi connectivity index (χ1) is 13.1. The first-order valence-corrected chi connectivity index (χ1v) is 8.89. The zero-order chi connectivity index (χ0) is 19.2. The van der Waals surface area contributed by atoms with Gasteiger partial charge in [0.15, 0.2) is 0 Å². The van der Waals surface area contributed by atoms with Crippen molar-refractivity contribution in [3.63, 3.8) is 0 Å². The number of anilines is 1. The molecule has 8 heteroatoms. The van der Waals surface area contributed by atoms with Gasteiger partial charge in [-0.15, -0.1) is 0 Å². The molecule has 3 rings (SSSR count). The summed E-state index contributed by atoms with van der Waals surface area (Å²) in [6, 6.07) is 14.4. The van der Waals surface area contributed by atoms with E-state index in [9.17, 15) is 14.9 Å². The van der Waals surface area contributed by atoms with Crippen LogP contribution < -0.4 is 16.6 Å². The first-order valence-electron chi connectivity index (χ1n) is 8.89. The number of hydrogen-bond acceptors (Lipinski definition) is 6. The number of amides is 1. The zero-order valence-electron chi connectivity index (χ0n) is 14.9. The molecule has 27 heavy (non-hydrogen) atoms. The highest BCUT2D eigenvalue weighted by Crippen LogP contribution is 2.23. The summed E-state index contributed by atoms with van der Waals surface area (Å²) in [6.07, 6.45) is 1.61. The number of nitrogens with two attached hydrogens (primary N) is 1. The Morgan fingerprint density at radius 3 is 2.52 bits per heavy atom. The van der Waals surface area contributed by atoms with Gasteiger partial charge >= 0.3 is 0 Å². The molecule has 142 valence electrons. The molecule has 0 saturated carbocycles. The van der Waals surface area contributed by atoms with Crippen LogP contribution in [-0.2, 0) is 6.54 Å². The van der Waals surface area contributed by atoms with Gasteiger partial charge in [-0.1, -0.05) is 30.3 Å². The van der Waals surface area contributed by atoms with Crippen molar-refractivity contribution >= 4 is 17.3 Å². The summed E-state index contributed by atoms with van der Waals surface area (Å²) in [7, 11) is 0. The van der Waals surface area contributed by atoms with Crippen molar-refractivity contribution in [2.45, 2.75) is 25.4 Å². The molecule has 2 aromatic rings. The number of nitrogens with one attached hydrogen (secondary N) is 2. The van der Waals surface area contributed by atoms with Crippen LogP contribution in [0.3, 0.4) is 0 Å². The molecule has 1 amide bonds. The van der Waals surface area contributed by atoms with Crippen molar-refractivity contribution in [1.82, 2.24) is 10.2 Å². The number of likely N-dealkylation sites (tertiary alicyclic amines) is 1. The van der Waals surface area contributed by atoms with E-state index in [1.807, 2.05) is 18.2 Å².